The molecule has 106 valence electrons. The van der Waals surface area contributed by atoms with Crippen molar-refractivity contribution in [1.29, 1.82) is 0 Å². The van der Waals surface area contributed by atoms with Crippen LogP contribution < -0.4 is 10.1 Å². The average molecular weight is 403 g/mol. The van der Waals surface area contributed by atoms with Crippen molar-refractivity contribution in [3.05, 3.63) is 56.7 Å². The maximum Gasteiger partial charge on any atom is 0.141 e. The number of rotatable bonds is 5. The lowest BCUT2D eigenvalue weighted by molar-refractivity contribution is 0.474. The third-order valence-electron chi connectivity index (χ3n) is 2.69. The number of halogens is 3. The zero-order chi connectivity index (χ0) is 14.5. The Morgan fingerprint density at radius 1 is 1.05 bits per heavy atom. The summed E-state index contributed by atoms with van der Waals surface area (Å²) in [5, 5.41) is 3.27. The van der Waals surface area contributed by atoms with Gasteiger partial charge in [0.2, 0.25) is 0 Å². The second kappa shape index (κ2) is 7.20. The van der Waals surface area contributed by atoms with Gasteiger partial charge >= 0.3 is 0 Å². The molecule has 0 atom stereocenters. The molecule has 0 amide bonds. The highest BCUT2D eigenvalue weighted by molar-refractivity contribution is 9.11. The van der Waals surface area contributed by atoms with E-state index in [2.05, 4.69) is 44.1 Å². The summed E-state index contributed by atoms with van der Waals surface area (Å²) in [7, 11) is 0. The zero-order valence-corrected chi connectivity index (χ0v) is 14.1. The van der Waals surface area contributed by atoms with Crippen LogP contribution in [-0.2, 0) is 6.54 Å². The Hall–Kier alpha value is -0.910. The van der Waals surface area contributed by atoms with Gasteiger partial charge in [-0.25, -0.2) is 4.39 Å². The molecule has 0 saturated carbocycles. The van der Waals surface area contributed by atoms with Crippen LogP contribution in [0.15, 0.2) is 45.3 Å². The third kappa shape index (κ3) is 4.04. The maximum absolute atomic E-state index is 13.0. The van der Waals surface area contributed by atoms with Gasteiger partial charge in [-0.15, -0.1) is 0 Å². The number of benzene rings is 2. The van der Waals surface area contributed by atoms with E-state index in [4.69, 9.17) is 4.74 Å². The molecule has 0 heterocycles. The van der Waals surface area contributed by atoms with Crippen LogP contribution in [0.3, 0.4) is 0 Å². The van der Waals surface area contributed by atoms with Gasteiger partial charge in [0.25, 0.3) is 0 Å². The van der Waals surface area contributed by atoms with E-state index in [9.17, 15) is 4.39 Å². The van der Waals surface area contributed by atoms with Crippen molar-refractivity contribution in [2.45, 2.75) is 13.5 Å². The van der Waals surface area contributed by atoms with Crippen LogP contribution in [-0.4, -0.2) is 6.54 Å². The fraction of sp³-hybridized carbons (Fsp3) is 0.200. The smallest absolute Gasteiger partial charge is 0.141 e. The van der Waals surface area contributed by atoms with Gasteiger partial charge in [-0.2, -0.15) is 0 Å². The molecule has 5 heteroatoms. The first-order valence-corrected chi connectivity index (χ1v) is 7.81. The summed E-state index contributed by atoms with van der Waals surface area (Å²) < 4.78 is 20.3. The summed E-state index contributed by atoms with van der Waals surface area (Å²) in [4.78, 5) is 0. The summed E-state index contributed by atoms with van der Waals surface area (Å²) in [5.74, 6) is 0.966. The molecule has 20 heavy (non-hydrogen) atoms. The Labute approximate surface area is 134 Å². The van der Waals surface area contributed by atoms with Gasteiger partial charge in [-0.05, 0) is 74.3 Å². The molecule has 2 aromatic rings. The minimum atomic E-state index is -0.302. The largest absolute Gasteiger partial charge is 0.455 e. The number of ether oxygens (including phenoxy) is 1. The lowest BCUT2D eigenvalue weighted by atomic mass is 10.2. The Kier molecular flexibility index (Phi) is 5.57. The van der Waals surface area contributed by atoms with E-state index in [1.165, 1.54) is 17.7 Å². The molecule has 0 aromatic heterocycles. The standard InChI is InChI=1S/C15H14Br2FNO/c1-2-19-9-10-3-5-14(12(16)7-10)20-15-6-4-11(18)8-13(15)17/h3-8,19H,2,9H2,1H3. The summed E-state index contributed by atoms with van der Waals surface area (Å²) in [6.07, 6.45) is 0. The summed E-state index contributed by atoms with van der Waals surface area (Å²) in [6.45, 7) is 3.81. The predicted molar refractivity (Wildman–Crippen MR) is 85.7 cm³/mol. The van der Waals surface area contributed by atoms with Crippen LogP contribution >= 0.6 is 31.9 Å². The Morgan fingerprint density at radius 2 is 1.70 bits per heavy atom. The lowest BCUT2D eigenvalue weighted by Gasteiger charge is -2.11. The van der Waals surface area contributed by atoms with Gasteiger partial charge < -0.3 is 10.1 Å². The Morgan fingerprint density at radius 3 is 2.30 bits per heavy atom. The fourth-order valence-electron chi connectivity index (χ4n) is 1.68. The first-order valence-electron chi connectivity index (χ1n) is 6.22. The molecule has 0 aliphatic rings. The molecule has 0 fully saturated rings. The quantitative estimate of drug-likeness (QED) is 0.737. The third-order valence-corrected chi connectivity index (χ3v) is 3.93. The van der Waals surface area contributed by atoms with Crippen LogP contribution in [0.5, 0.6) is 11.5 Å². The predicted octanol–water partition coefficient (Wildman–Crippen LogP) is 5.25. The molecule has 0 spiro atoms. The van der Waals surface area contributed by atoms with E-state index >= 15 is 0 Å². The molecular formula is C15H14Br2FNO. The molecule has 0 aliphatic carbocycles. The molecule has 2 nitrogen and oxygen atoms in total. The van der Waals surface area contributed by atoms with Crippen molar-refractivity contribution in [2.24, 2.45) is 0 Å². The molecule has 0 bridgehead atoms. The molecule has 0 saturated heterocycles. The molecule has 0 unspecified atom stereocenters. The minimum Gasteiger partial charge on any atom is -0.455 e. The first kappa shape index (κ1) is 15.5. The van der Waals surface area contributed by atoms with Crippen molar-refractivity contribution in [3.63, 3.8) is 0 Å². The van der Waals surface area contributed by atoms with Gasteiger partial charge in [-0.3, -0.25) is 0 Å². The monoisotopic (exact) mass is 401 g/mol. The molecule has 2 rings (SSSR count). The van der Waals surface area contributed by atoms with Crippen molar-refractivity contribution < 1.29 is 9.13 Å². The maximum atomic E-state index is 13.0. The second-order valence-corrected chi connectivity index (χ2v) is 5.93. The highest BCUT2D eigenvalue weighted by Gasteiger charge is 2.08. The van der Waals surface area contributed by atoms with Crippen LogP contribution in [0.4, 0.5) is 4.39 Å². The van der Waals surface area contributed by atoms with Gasteiger partial charge in [0.05, 0.1) is 8.95 Å². The van der Waals surface area contributed by atoms with Crippen LogP contribution in [0, 0.1) is 5.82 Å². The Balaban J connectivity index is 2.17. The normalized spacial score (nSPS) is 10.6. The number of nitrogens with one attached hydrogen (secondary N) is 1. The molecule has 0 radical (unpaired) electrons. The van der Waals surface area contributed by atoms with E-state index < -0.39 is 0 Å². The number of hydrogen-bond donors (Lipinski definition) is 1. The SMILES string of the molecule is CCNCc1ccc(Oc2ccc(F)cc2Br)c(Br)c1. The van der Waals surface area contributed by atoms with Crippen molar-refractivity contribution in [1.82, 2.24) is 5.32 Å². The summed E-state index contributed by atoms with van der Waals surface area (Å²) >= 11 is 6.78. The molecule has 1 N–H and O–H groups in total. The Bertz CT molecular complexity index is 604. The zero-order valence-electron chi connectivity index (χ0n) is 10.9. The van der Waals surface area contributed by atoms with E-state index in [0.717, 1.165) is 17.6 Å². The van der Waals surface area contributed by atoms with Gasteiger partial charge in [-0.1, -0.05) is 13.0 Å². The van der Waals surface area contributed by atoms with E-state index in [0.29, 0.717) is 16.0 Å². The van der Waals surface area contributed by atoms with Crippen molar-refractivity contribution in [3.8, 4) is 11.5 Å². The van der Waals surface area contributed by atoms with Gasteiger partial charge in [0, 0.05) is 6.54 Å². The van der Waals surface area contributed by atoms with E-state index in [-0.39, 0.29) is 5.82 Å². The summed E-state index contributed by atoms with van der Waals surface area (Å²) in [6, 6.07) is 10.2. The number of hydrogen-bond acceptors (Lipinski definition) is 2. The molecular weight excluding hydrogens is 389 g/mol. The van der Waals surface area contributed by atoms with Crippen molar-refractivity contribution >= 4 is 31.9 Å². The lowest BCUT2D eigenvalue weighted by Crippen LogP contribution is -2.11. The van der Waals surface area contributed by atoms with Crippen LogP contribution in [0.1, 0.15) is 12.5 Å². The van der Waals surface area contributed by atoms with E-state index in [1.54, 1.807) is 6.07 Å². The van der Waals surface area contributed by atoms with Gasteiger partial charge in [0.15, 0.2) is 0 Å². The highest BCUT2D eigenvalue weighted by atomic mass is 79.9. The highest BCUT2D eigenvalue weighted by Crippen LogP contribution is 2.34. The fourth-order valence-corrected chi connectivity index (χ4v) is 2.62. The minimum absolute atomic E-state index is 0.302. The molecule has 2 aromatic carbocycles. The topological polar surface area (TPSA) is 21.3 Å². The molecule has 0 aliphatic heterocycles. The first-order chi connectivity index (χ1) is 9.60. The van der Waals surface area contributed by atoms with Crippen LogP contribution in [0.2, 0.25) is 0 Å². The van der Waals surface area contributed by atoms with Gasteiger partial charge in [0.1, 0.15) is 17.3 Å². The van der Waals surface area contributed by atoms with E-state index in [1.807, 2.05) is 18.2 Å². The van der Waals surface area contributed by atoms with Crippen molar-refractivity contribution in [2.75, 3.05) is 6.54 Å². The summed E-state index contributed by atoms with van der Waals surface area (Å²) in [5.41, 5.74) is 1.17. The average Bonchev–Trinajstić information content (AvgIpc) is 2.42. The van der Waals surface area contributed by atoms with Crippen LogP contribution in [0.25, 0.3) is 0 Å². The second-order valence-electron chi connectivity index (χ2n) is 4.22.